The van der Waals surface area contributed by atoms with E-state index in [1.807, 2.05) is 44.2 Å². The van der Waals surface area contributed by atoms with Crippen molar-refractivity contribution in [1.29, 1.82) is 0 Å². The van der Waals surface area contributed by atoms with Gasteiger partial charge in [-0.3, -0.25) is 14.4 Å². The van der Waals surface area contributed by atoms with Gasteiger partial charge in [-0.2, -0.15) is 0 Å². The van der Waals surface area contributed by atoms with Crippen molar-refractivity contribution in [2.45, 2.75) is 82.6 Å². The molecule has 4 rings (SSSR count). The first-order valence-electron chi connectivity index (χ1n) is 15.3. The molecule has 1 spiro atoms. The number of benzene rings is 1. The summed E-state index contributed by atoms with van der Waals surface area (Å²) < 4.78 is 6.95. The highest BCUT2D eigenvalue weighted by Gasteiger charge is 2.78. The third kappa shape index (κ3) is 5.61. The second kappa shape index (κ2) is 13.3. The first kappa shape index (κ1) is 31.0. The van der Waals surface area contributed by atoms with Crippen LogP contribution in [0.4, 0.5) is 0 Å². The van der Waals surface area contributed by atoms with E-state index >= 15 is 0 Å². The number of unbranched alkanes of at least 4 members (excludes halogenated alkanes) is 2. The molecular weight excluding hydrogens is 518 g/mol. The van der Waals surface area contributed by atoms with E-state index in [4.69, 9.17) is 4.74 Å². The van der Waals surface area contributed by atoms with Crippen LogP contribution < -0.4 is 0 Å². The fourth-order valence-electron chi connectivity index (χ4n) is 7.46. The van der Waals surface area contributed by atoms with Gasteiger partial charge in [-0.15, -0.1) is 13.2 Å². The number of hydrogen-bond acceptors (Lipinski definition) is 5. The molecule has 3 fully saturated rings. The molecule has 41 heavy (non-hydrogen) atoms. The van der Waals surface area contributed by atoms with E-state index in [1.54, 1.807) is 26.9 Å². The Labute approximate surface area is 245 Å². The molecule has 0 aromatic heterocycles. The maximum Gasteiger partial charge on any atom is 0.248 e. The van der Waals surface area contributed by atoms with Gasteiger partial charge in [0.1, 0.15) is 11.6 Å². The lowest BCUT2D eigenvalue weighted by Gasteiger charge is -2.37. The zero-order valence-corrected chi connectivity index (χ0v) is 24.8. The van der Waals surface area contributed by atoms with E-state index in [0.29, 0.717) is 64.8 Å². The fourth-order valence-corrected chi connectivity index (χ4v) is 7.46. The summed E-state index contributed by atoms with van der Waals surface area (Å²) in [4.78, 5) is 48.5. The van der Waals surface area contributed by atoms with Crippen molar-refractivity contribution >= 4 is 17.7 Å². The van der Waals surface area contributed by atoms with Gasteiger partial charge < -0.3 is 24.5 Å². The molecule has 8 heteroatoms. The summed E-state index contributed by atoms with van der Waals surface area (Å²) in [5.74, 6) is -1.74. The number of ether oxygens (including phenoxy) is 1. The minimum Gasteiger partial charge on any atom is -0.396 e. The van der Waals surface area contributed by atoms with Gasteiger partial charge in [0.2, 0.25) is 17.7 Å². The third-order valence-electron chi connectivity index (χ3n) is 9.27. The maximum atomic E-state index is 14.6. The maximum absolute atomic E-state index is 14.6. The standard InChI is InChI=1S/C33H47N3O5/c1-5-19-34(20-6-2)29(38)26-27-30(39)36(22-13-10-14-23-37)28(33(27)18-17-32(26,8-4)41-33)31(40)35(21-7-3)24-25-15-11-9-12-16-25/h5,7,9,11-12,15-16,26-28,37H,1,3,6,8,10,13-14,17-24H2,2,4H3/t26-,27-,28?,32+,33?/m0/s1. The van der Waals surface area contributed by atoms with Crippen LogP contribution >= 0.6 is 0 Å². The minimum atomic E-state index is -1.05. The monoisotopic (exact) mass is 565 g/mol. The molecule has 8 nitrogen and oxygen atoms in total. The van der Waals surface area contributed by atoms with Crippen LogP contribution in [0, 0.1) is 11.8 Å². The lowest BCUT2D eigenvalue weighted by atomic mass is 9.64. The van der Waals surface area contributed by atoms with E-state index in [1.165, 1.54) is 0 Å². The van der Waals surface area contributed by atoms with Gasteiger partial charge in [0, 0.05) is 39.3 Å². The molecule has 1 N–H and O–H groups in total. The molecule has 1 aromatic carbocycles. The number of hydrogen-bond donors (Lipinski definition) is 1. The third-order valence-corrected chi connectivity index (χ3v) is 9.27. The van der Waals surface area contributed by atoms with E-state index in [-0.39, 0.29) is 24.3 Å². The van der Waals surface area contributed by atoms with Crippen LogP contribution in [-0.4, -0.2) is 87.6 Å². The zero-order valence-electron chi connectivity index (χ0n) is 24.8. The van der Waals surface area contributed by atoms with E-state index < -0.39 is 29.1 Å². The summed E-state index contributed by atoms with van der Waals surface area (Å²) in [5, 5.41) is 9.31. The molecule has 0 aliphatic carbocycles. The highest BCUT2D eigenvalue weighted by Crippen LogP contribution is 2.64. The summed E-state index contributed by atoms with van der Waals surface area (Å²) >= 11 is 0. The van der Waals surface area contributed by atoms with Gasteiger partial charge >= 0.3 is 0 Å². The summed E-state index contributed by atoms with van der Waals surface area (Å²) in [6, 6.07) is 8.98. The van der Waals surface area contributed by atoms with Crippen molar-refractivity contribution in [1.82, 2.24) is 14.7 Å². The van der Waals surface area contributed by atoms with Crippen LogP contribution in [0.3, 0.4) is 0 Å². The van der Waals surface area contributed by atoms with Crippen molar-refractivity contribution in [2.24, 2.45) is 11.8 Å². The van der Waals surface area contributed by atoms with Gasteiger partial charge in [-0.1, -0.05) is 56.3 Å². The molecule has 5 atom stereocenters. The summed E-state index contributed by atoms with van der Waals surface area (Å²) in [7, 11) is 0. The lowest BCUT2D eigenvalue weighted by molar-refractivity contribution is -0.155. The Kier molecular flexibility index (Phi) is 10.1. The number of aliphatic hydroxyl groups is 1. The van der Waals surface area contributed by atoms with Gasteiger partial charge in [0.15, 0.2) is 0 Å². The van der Waals surface area contributed by atoms with E-state index in [9.17, 15) is 19.5 Å². The number of likely N-dealkylation sites (tertiary alicyclic amines) is 1. The number of nitrogens with zero attached hydrogens (tertiary/aromatic N) is 3. The van der Waals surface area contributed by atoms with Gasteiger partial charge in [-0.05, 0) is 50.5 Å². The summed E-state index contributed by atoms with van der Waals surface area (Å²) in [5.41, 5.74) is -0.830. The van der Waals surface area contributed by atoms with E-state index in [0.717, 1.165) is 18.4 Å². The molecule has 3 aliphatic rings. The average Bonchev–Trinajstić information content (AvgIpc) is 3.58. The van der Waals surface area contributed by atoms with Crippen LogP contribution in [0.5, 0.6) is 0 Å². The second-order valence-corrected chi connectivity index (χ2v) is 11.7. The molecule has 3 saturated heterocycles. The Morgan fingerprint density at radius 1 is 1.05 bits per heavy atom. The molecule has 1 aromatic rings. The first-order chi connectivity index (χ1) is 19.8. The quantitative estimate of drug-likeness (QED) is 0.242. The fraction of sp³-hybridized carbons (Fsp3) is 0.606. The average molecular weight is 566 g/mol. The lowest BCUT2D eigenvalue weighted by Crippen LogP contribution is -2.56. The van der Waals surface area contributed by atoms with Crippen molar-refractivity contribution in [3.63, 3.8) is 0 Å². The molecule has 0 saturated carbocycles. The number of fused-ring (bicyclic) bond motifs is 1. The predicted octanol–water partition coefficient (Wildman–Crippen LogP) is 3.94. The zero-order chi connectivity index (χ0) is 29.6. The van der Waals surface area contributed by atoms with Crippen molar-refractivity contribution in [3.05, 3.63) is 61.2 Å². The number of rotatable bonds is 16. The highest BCUT2D eigenvalue weighted by molar-refractivity contribution is 5.99. The van der Waals surface area contributed by atoms with Gasteiger partial charge in [0.05, 0.1) is 17.4 Å². The molecule has 0 radical (unpaired) electrons. The Hall–Kier alpha value is -2.97. The Morgan fingerprint density at radius 2 is 1.76 bits per heavy atom. The van der Waals surface area contributed by atoms with Crippen molar-refractivity contribution in [3.8, 4) is 0 Å². The molecule has 224 valence electrons. The predicted molar refractivity (Wildman–Crippen MR) is 159 cm³/mol. The minimum absolute atomic E-state index is 0.0749. The van der Waals surface area contributed by atoms with Gasteiger partial charge in [-0.25, -0.2) is 0 Å². The molecule has 3 aliphatic heterocycles. The van der Waals surface area contributed by atoms with Crippen molar-refractivity contribution < 1.29 is 24.2 Å². The Balaban J connectivity index is 1.75. The van der Waals surface area contributed by atoms with Crippen LogP contribution in [0.25, 0.3) is 0 Å². The van der Waals surface area contributed by atoms with Crippen LogP contribution in [0.1, 0.15) is 64.4 Å². The van der Waals surface area contributed by atoms with Crippen LogP contribution in [0.15, 0.2) is 55.6 Å². The summed E-state index contributed by atoms with van der Waals surface area (Å²) in [6.07, 6.45) is 8.07. The van der Waals surface area contributed by atoms with Crippen molar-refractivity contribution in [2.75, 3.05) is 32.8 Å². The Morgan fingerprint density at radius 3 is 2.39 bits per heavy atom. The molecule has 3 amide bonds. The number of carbonyl (C=O) groups excluding carboxylic acids is 3. The second-order valence-electron chi connectivity index (χ2n) is 11.7. The molecule has 3 heterocycles. The van der Waals surface area contributed by atoms with Gasteiger partial charge in [0.25, 0.3) is 0 Å². The largest absolute Gasteiger partial charge is 0.396 e. The van der Waals surface area contributed by atoms with Crippen LogP contribution in [-0.2, 0) is 25.7 Å². The smallest absolute Gasteiger partial charge is 0.248 e. The SMILES string of the molecule is C=CCN(Cc1ccccc1)C(=O)C1N(CCCCCO)C(=O)[C@@H]2[C@@H](C(=O)N(CC=C)CCC)[C@@]3(CC)CCC12O3. The summed E-state index contributed by atoms with van der Waals surface area (Å²) in [6.45, 7) is 14.0. The molecule has 2 unspecified atom stereocenters. The number of amides is 3. The normalized spacial score (nSPS) is 28.0. The van der Waals surface area contributed by atoms with Crippen LogP contribution in [0.2, 0.25) is 0 Å². The van der Waals surface area contributed by atoms with E-state index in [2.05, 4.69) is 13.2 Å². The Bertz CT molecular complexity index is 1110. The number of carbonyl (C=O) groups is 3. The molecule has 2 bridgehead atoms. The molecular formula is C33H47N3O5. The number of aliphatic hydroxyl groups excluding tert-OH is 1. The highest BCUT2D eigenvalue weighted by atomic mass is 16.5. The first-order valence-corrected chi connectivity index (χ1v) is 15.3. The topological polar surface area (TPSA) is 90.4 Å².